The number of thioether (sulfide) groups is 1. The molecule has 0 saturated carbocycles. The number of nitrogens with one attached hydrogen (secondary N) is 2. The van der Waals surface area contributed by atoms with Crippen molar-refractivity contribution in [1.29, 1.82) is 0 Å². The van der Waals surface area contributed by atoms with Gasteiger partial charge < -0.3 is 10.1 Å². The van der Waals surface area contributed by atoms with E-state index in [0.717, 1.165) is 28.5 Å². The van der Waals surface area contributed by atoms with E-state index in [0.29, 0.717) is 24.5 Å². The summed E-state index contributed by atoms with van der Waals surface area (Å²) in [4.78, 5) is 23.7. The van der Waals surface area contributed by atoms with Crippen LogP contribution in [0.3, 0.4) is 0 Å². The van der Waals surface area contributed by atoms with Gasteiger partial charge >= 0.3 is 0 Å². The fraction of sp³-hybridized carbons (Fsp3) is 0.286. The fourth-order valence-electron chi connectivity index (χ4n) is 2.71. The summed E-state index contributed by atoms with van der Waals surface area (Å²) in [5.74, 6) is 3.17. The number of para-hydroxylation sites is 1. The minimum atomic E-state index is -0.125. The lowest BCUT2D eigenvalue weighted by molar-refractivity contribution is 0.411. The molecule has 146 valence electrons. The van der Waals surface area contributed by atoms with Crippen molar-refractivity contribution in [2.75, 3.05) is 24.7 Å². The second-order valence-electron chi connectivity index (χ2n) is 6.36. The number of ether oxygens (including phenoxy) is 1. The van der Waals surface area contributed by atoms with Crippen LogP contribution < -0.4 is 15.6 Å². The predicted molar refractivity (Wildman–Crippen MR) is 114 cm³/mol. The smallest absolute Gasteiger partial charge is 0.255 e. The fourth-order valence-corrected chi connectivity index (χ4v) is 3.55. The maximum Gasteiger partial charge on any atom is 0.255 e. The normalized spacial score (nSPS) is 10.6. The van der Waals surface area contributed by atoms with Gasteiger partial charge in [0.2, 0.25) is 5.95 Å². The van der Waals surface area contributed by atoms with Crippen molar-refractivity contribution >= 4 is 17.7 Å². The number of aryl methyl sites for hydroxylation is 1. The number of pyridine rings is 1. The van der Waals surface area contributed by atoms with Gasteiger partial charge in [-0.15, -0.1) is 0 Å². The first-order chi connectivity index (χ1) is 13.7. The molecule has 0 amide bonds. The molecule has 0 bridgehead atoms. The summed E-state index contributed by atoms with van der Waals surface area (Å²) in [6.45, 7) is 2.65. The molecule has 0 radical (unpaired) electrons. The highest BCUT2D eigenvalue weighted by Crippen LogP contribution is 2.22. The first-order valence-electron chi connectivity index (χ1n) is 9.09. The Labute approximate surface area is 168 Å². The molecule has 2 N–H and O–H groups in total. The Morgan fingerprint density at radius 1 is 1.11 bits per heavy atom. The molecule has 3 aromatic rings. The highest BCUT2D eigenvalue weighted by molar-refractivity contribution is 7.98. The third-order valence-corrected chi connectivity index (χ3v) is 5.24. The minimum Gasteiger partial charge on any atom is -0.496 e. The molecule has 6 nitrogen and oxygen atoms in total. The average Bonchev–Trinajstić information content (AvgIpc) is 2.71. The molecule has 0 saturated heterocycles. The Kier molecular flexibility index (Phi) is 7.08. The van der Waals surface area contributed by atoms with Crippen LogP contribution >= 0.6 is 11.8 Å². The summed E-state index contributed by atoms with van der Waals surface area (Å²) < 4.78 is 5.36. The monoisotopic (exact) mass is 396 g/mol. The molecule has 0 spiro atoms. The SMILES string of the molecule is COc1ccccc1CSCCNc1ncc(Cc2ccc(C)nc2)c(=O)[nH]1. The number of aromatic nitrogens is 3. The van der Waals surface area contributed by atoms with E-state index in [9.17, 15) is 4.79 Å². The molecule has 7 heteroatoms. The lowest BCUT2D eigenvalue weighted by Crippen LogP contribution is -2.18. The van der Waals surface area contributed by atoms with Gasteiger partial charge in [0.05, 0.1) is 7.11 Å². The van der Waals surface area contributed by atoms with E-state index in [4.69, 9.17) is 4.74 Å². The predicted octanol–water partition coefficient (Wildman–Crippen LogP) is 3.42. The zero-order valence-corrected chi connectivity index (χ0v) is 16.9. The molecule has 0 aliphatic carbocycles. The van der Waals surface area contributed by atoms with Gasteiger partial charge in [-0.2, -0.15) is 11.8 Å². The van der Waals surface area contributed by atoms with Crippen molar-refractivity contribution in [3.8, 4) is 5.75 Å². The van der Waals surface area contributed by atoms with Crippen molar-refractivity contribution in [3.63, 3.8) is 0 Å². The number of H-pyrrole nitrogens is 1. The molecule has 0 atom stereocenters. The van der Waals surface area contributed by atoms with E-state index in [1.54, 1.807) is 31.3 Å². The third kappa shape index (κ3) is 5.60. The maximum absolute atomic E-state index is 12.3. The summed E-state index contributed by atoms with van der Waals surface area (Å²) in [6, 6.07) is 11.9. The van der Waals surface area contributed by atoms with Crippen molar-refractivity contribution < 1.29 is 4.74 Å². The number of benzene rings is 1. The zero-order chi connectivity index (χ0) is 19.8. The Morgan fingerprint density at radius 3 is 2.71 bits per heavy atom. The van der Waals surface area contributed by atoms with E-state index in [-0.39, 0.29) is 5.56 Å². The molecule has 0 unspecified atom stereocenters. The van der Waals surface area contributed by atoms with Crippen LogP contribution in [-0.4, -0.2) is 34.4 Å². The van der Waals surface area contributed by atoms with Gasteiger partial charge in [-0.25, -0.2) is 4.98 Å². The van der Waals surface area contributed by atoms with Gasteiger partial charge in [-0.3, -0.25) is 14.8 Å². The lowest BCUT2D eigenvalue weighted by Gasteiger charge is -2.09. The van der Waals surface area contributed by atoms with E-state index in [2.05, 4.69) is 26.3 Å². The van der Waals surface area contributed by atoms with E-state index in [1.807, 2.05) is 37.3 Å². The summed E-state index contributed by atoms with van der Waals surface area (Å²) >= 11 is 1.80. The second kappa shape index (κ2) is 9.94. The summed E-state index contributed by atoms with van der Waals surface area (Å²) in [6.07, 6.45) is 3.94. The molecule has 28 heavy (non-hydrogen) atoms. The van der Waals surface area contributed by atoms with Crippen molar-refractivity contribution in [3.05, 3.63) is 81.5 Å². The molecule has 2 heterocycles. The van der Waals surface area contributed by atoms with Crippen LogP contribution in [0, 0.1) is 6.92 Å². The molecule has 2 aromatic heterocycles. The lowest BCUT2D eigenvalue weighted by atomic mass is 10.1. The van der Waals surface area contributed by atoms with Crippen LogP contribution in [0.15, 0.2) is 53.6 Å². The van der Waals surface area contributed by atoms with Crippen LogP contribution in [0.4, 0.5) is 5.95 Å². The van der Waals surface area contributed by atoms with Gasteiger partial charge in [0.25, 0.3) is 5.56 Å². The van der Waals surface area contributed by atoms with Gasteiger partial charge in [0.15, 0.2) is 0 Å². The molecule has 0 fully saturated rings. The van der Waals surface area contributed by atoms with Gasteiger partial charge in [-0.05, 0) is 24.6 Å². The minimum absolute atomic E-state index is 0.125. The van der Waals surface area contributed by atoms with Crippen molar-refractivity contribution in [2.45, 2.75) is 19.1 Å². The highest BCUT2D eigenvalue weighted by atomic mass is 32.2. The molecular formula is C21H24N4O2S. The van der Waals surface area contributed by atoms with Crippen LogP contribution in [0.5, 0.6) is 5.75 Å². The van der Waals surface area contributed by atoms with Crippen molar-refractivity contribution in [1.82, 2.24) is 15.0 Å². The Hall–Kier alpha value is -2.80. The van der Waals surface area contributed by atoms with Gasteiger partial charge in [0, 0.05) is 53.7 Å². The van der Waals surface area contributed by atoms with Crippen LogP contribution in [0.1, 0.15) is 22.4 Å². The number of aromatic amines is 1. The second-order valence-corrected chi connectivity index (χ2v) is 7.47. The largest absolute Gasteiger partial charge is 0.496 e. The molecule has 3 rings (SSSR count). The molecule has 0 aliphatic heterocycles. The number of rotatable bonds is 9. The Morgan fingerprint density at radius 2 is 1.96 bits per heavy atom. The van der Waals surface area contributed by atoms with Crippen molar-refractivity contribution in [2.24, 2.45) is 0 Å². The first-order valence-corrected chi connectivity index (χ1v) is 10.2. The van der Waals surface area contributed by atoms with Crippen LogP contribution in [0.2, 0.25) is 0 Å². The Balaban J connectivity index is 1.47. The highest BCUT2D eigenvalue weighted by Gasteiger charge is 2.05. The number of nitrogens with zero attached hydrogens (tertiary/aromatic N) is 2. The zero-order valence-electron chi connectivity index (χ0n) is 16.1. The van der Waals surface area contributed by atoms with E-state index < -0.39 is 0 Å². The topological polar surface area (TPSA) is 79.9 Å². The Bertz CT molecular complexity index is 957. The number of methoxy groups -OCH3 is 1. The maximum atomic E-state index is 12.3. The van der Waals surface area contributed by atoms with Gasteiger partial charge in [0.1, 0.15) is 5.75 Å². The summed E-state index contributed by atoms with van der Waals surface area (Å²) in [5, 5.41) is 3.17. The quantitative estimate of drug-likeness (QED) is 0.540. The molecule has 0 aliphatic rings. The summed E-state index contributed by atoms with van der Waals surface area (Å²) in [7, 11) is 1.69. The van der Waals surface area contributed by atoms with Gasteiger partial charge in [-0.1, -0.05) is 24.3 Å². The van der Waals surface area contributed by atoms with E-state index >= 15 is 0 Å². The van der Waals surface area contributed by atoms with Crippen LogP contribution in [-0.2, 0) is 12.2 Å². The molecule has 1 aromatic carbocycles. The average molecular weight is 397 g/mol. The number of hydrogen-bond acceptors (Lipinski definition) is 6. The first kappa shape index (κ1) is 19.9. The number of anilines is 1. The summed E-state index contributed by atoms with van der Waals surface area (Å²) in [5.41, 5.74) is 3.63. The third-order valence-electron chi connectivity index (χ3n) is 4.23. The van der Waals surface area contributed by atoms with Crippen LogP contribution in [0.25, 0.3) is 0 Å². The number of hydrogen-bond donors (Lipinski definition) is 2. The standard InChI is InChI=1S/C21H24N4O2S/c1-15-7-8-16(12-23-15)11-18-13-24-21(25-20(18)26)22-9-10-28-14-17-5-3-4-6-19(17)27-2/h3-8,12-13H,9-11,14H2,1-2H3,(H2,22,24,25,26). The van der Waals surface area contributed by atoms with E-state index in [1.165, 1.54) is 5.56 Å². The molecular weight excluding hydrogens is 372 g/mol.